The number of rotatable bonds is 7. The van der Waals surface area contributed by atoms with Crippen LogP contribution in [0.2, 0.25) is 0 Å². The fraction of sp³-hybridized carbons (Fsp3) is 0.333. The van der Waals surface area contributed by atoms with E-state index in [1.807, 2.05) is 0 Å². The number of amides is 1. The Morgan fingerprint density at radius 1 is 1.30 bits per heavy atom. The second-order valence-corrected chi connectivity index (χ2v) is 5.92. The average Bonchev–Trinajstić information content (AvgIpc) is 2.35. The molecule has 0 atom stereocenters. The van der Waals surface area contributed by atoms with Gasteiger partial charge >= 0.3 is 5.97 Å². The summed E-state index contributed by atoms with van der Waals surface area (Å²) in [5.74, 6) is -1.75. The minimum Gasteiger partial charge on any atom is -0.480 e. The van der Waals surface area contributed by atoms with Crippen LogP contribution in [0.15, 0.2) is 24.3 Å². The molecule has 1 aromatic carbocycles. The van der Waals surface area contributed by atoms with Gasteiger partial charge in [0.1, 0.15) is 6.54 Å². The molecule has 8 heteroatoms. The molecule has 0 spiro atoms. The molecule has 110 valence electrons. The molecule has 3 N–H and O–H groups in total. The third kappa shape index (κ3) is 5.27. The number of sulfonamides is 1. The van der Waals surface area contributed by atoms with E-state index in [0.29, 0.717) is 6.42 Å². The predicted octanol–water partition coefficient (Wildman–Crippen LogP) is 0.653. The van der Waals surface area contributed by atoms with Crippen LogP contribution in [-0.2, 0) is 14.8 Å². The van der Waals surface area contributed by atoms with Gasteiger partial charge in [0.05, 0.1) is 5.75 Å². The maximum Gasteiger partial charge on any atom is 0.322 e. The highest BCUT2D eigenvalue weighted by Gasteiger charge is 2.11. The van der Waals surface area contributed by atoms with E-state index in [9.17, 15) is 18.0 Å². The van der Waals surface area contributed by atoms with Crippen LogP contribution in [-0.4, -0.2) is 37.7 Å². The Morgan fingerprint density at radius 2 is 2.00 bits per heavy atom. The first kappa shape index (κ1) is 16.0. The minimum atomic E-state index is -3.43. The van der Waals surface area contributed by atoms with Gasteiger partial charge in [0, 0.05) is 11.3 Å². The van der Waals surface area contributed by atoms with Crippen LogP contribution in [0.4, 0.5) is 5.69 Å². The van der Waals surface area contributed by atoms with Gasteiger partial charge in [-0.15, -0.1) is 0 Å². The smallest absolute Gasteiger partial charge is 0.322 e. The number of aliphatic carboxylic acids is 1. The molecule has 7 nitrogen and oxygen atoms in total. The van der Waals surface area contributed by atoms with Crippen molar-refractivity contribution in [2.75, 3.05) is 17.0 Å². The van der Waals surface area contributed by atoms with Crippen LogP contribution in [0.1, 0.15) is 23.7 Å². The summed E-state index contributed by atoms with van der Waals surface area (Å²) in [4.78, 5) is 22.0. The standard InChI is InChI=1S/C12H16N2O5S/c1-2-6-20(18,19)14-10-5-3-4-9(7-10)12(17)13-8-11(15)16/h3-5,7,14H,2,6,8H2,1H3,(H,13,17)(H,15,16). The monoisotopic (exact) mass is 300 g/mol. The van der Waals surface area contributed by atoms with E-state index < -0.39 is 28.4 Å². The van der Waals surface area contributed by atoms with Gasteiger partial charge in [0.25, 0.3) is 5.91 Å². The highest BCUT2D eigenvalue weighted by Crippen LogP contribution is 2.12. The van der Waals surface area contributed by atoms with E-state index in [1.165, 1.54) is 24.3 Å². The first-order valence-electron chi connectivity index (χ1n) is 5.94. The average molecular weight is 300 g/mol. The highest BCUT2D eigenvalue weighted by molar-refractivity contribution is 7.92. The van der Waals surface area contributed by atoms with Gasteiger partial charge in [-0.2, -0.15) is 0 Å². The van der Waals surface area contributed by atoms with Crippen molar-refractivity contribution < 1.29 is 23.1 Å². The van der Waals surface area contributed by atoms with Crippen LogP contribution in [0.5, 0.6) is 0 Å². The summed E-state index contributed by atoms with van der Waals surface area (Å²) in [5.41, 5.74) is 0.448. The second-order valence-electron chi connectivity index (χ2n) is 4.08. The molecule has 0 aliphatic rings. The molecule has 0 aromatic heterocycles. The first-order valence-corrected chi connectivity index (χ1v) is 7.60. The zero-order valence-electron chi connectivity index (χ0n) is 10.9. The van der Waals surface area contributed by atoms with Crippen molar-refractivity contribution in [3.8, 4) is 0 Å². The van der Waals surface area contributed by atoms with Crippen LogP contribution in [0, 0.1) is 0 Å². The van der Waals surface area contributed by atoms with Crippen molar-refractivity contribution in [3.63, 3.8) is 0 Å². The Labute approximate surface area is 117 Å². The van der Waals surface area contributed by atoms with Crippen molar-refractivity contribution in [1.82, 2.24) is 5.32 Å². The van der Waals surface area contributed by atoms with Crippen molar-refractivity contribution in [2.24, 2.45) is 0 Å². The number of benzene rings is 1. The second kappa shape index (κ2) is 6.90. The molecule has 0 heterocycles. The molecule has 0 saturated carbocycles. The van der Waals surface area contributed by atoms with Crippen molar-refractivity contribution in [2.45, 2.75) is 13.3 Å². The number of carbonyl (C=O) groups is 2. The first-order chi connectivity index (χ1) is 9.34. The van der Waals surface area contributed by atoms with E-state index in [2.05, 4.69) is 10.0 Å². The van der Waals surface area contributed by atoms with Crippen LogP contribution in [0.25, 0.3) is 0 Å². The summed E-state index contributed by atoms with van der Waals surface area (Å²) in [7, 11) is -3.43. The molecular formula is C12H16N2O5S. The normalized spacial score (nSPS) is 10.8. The SMILES string of the molecule is CCCS(=O)(=O)Nc1cccc(C(=O)NCC(=O)O)c1. The summed E-state index contributed by atoms with van der Waals surface area (Å²) in [6.07, 6.45) is 0.480. The Hall–Kier alpha value is -2.09. The minimum absolute atomic E-state index is 0.0115. The Kier molecular flexibility index (Phi) is 5.51. The summed E-state index contributed by atoms with van der Waals surface area (Å²) < 4.78 is 25.6. The van der Waals surface area contributed by atoms with E-state index >= 15 is 0 Å². The van der Waals surface area contributed by atoms with Gasteiger partial charge in [0.15, 0.2) is 0 Å². The van der Waals surface area contributed by atoms with Gasteiger partial charge < -0.3 is 10.4 Å². The lowest BCUT2D eigenvalue weighted by atomic mass is 10.2. The number of hydrogen-bond acceptors (Lipinski definition) is 4. The van der Waals surface area contributed by atoms with Gasteiger partial charge in [-0.05, 0) is 24.6 Å². The lowest BCUT2D eigenvalue weighted by molar-refractivity contribution is -0.135. The van der Waals surface area contributed by atoms with E-state index in [-0.39, 0.29) is 17.0 Å². The molecule has 0 radical (unpaired) electrons. The zero-order chi connectivity index (χ0) is 15.2. The Morgan fingerprint density at radius 3 is 2.60 bits per heavy atom. The molecule has 0 aliphatic carbocycles. The quantitative estimate of drug-likeness (QED) is 0.684. The molecule has 1 aromatic rings. The summed E-state index contributed by atoms with van der Waals surface area (Å²) in [6.45, 7) is 1.25. The van der Waals surface area contributed by atoms with Crippen molar-refractivity contribution in [1.29, 1.82) is 0 Å². The topological polar surface area (TPSA) is 113 Å². The van der Waals surface area contributed by atoms with E-state index in [0.717, 1.165) is 0 Å². The molecule has 0 fully saturated rings. The highest BCUT2D eigenvalue weighted by atomic mass is 32.2. The number of nitrogens with one attached hydrogen (secondary N) is 2. The number of carboxylic acid groups (broad SMARTS) is 1. The maximum absolute atomic E-state index is 11.6. The molecule has 1 amide bonds. The fourth-order valence-electron chi connectivity index (χ4n) is 1.48. The molecule has 1 rings (SSSR count). The molecule has 20 heavy (non-hydrogen) atoms. The number of carbonyl (C=O) groups excluding carboxylic acids is 1. The third-order valence-corrected chi connectivity index (χ3v) is 3.76. The van der Waals surface area contributed by atoms with Gasteiger partial charge in [-0.1, -0.05) is 13.0 Å². The van der Waals surface area contributed by atoms with E-state index in [1.54, 1.807) is 6.92 Å². The summed E-state index contributed by atoms with van der Waals surface area (Å²) in [6, 6.07) is 5.85. The zero-order valence-corrected chi connectivity index (χ0v) is 11.7. The van der Waals surface area contributed by atoms with Crippen molar-refractivity contribution in [3.05, 3.63) is 29.8 Å². The van der Waals surface area contributed by atoms with Crippen LogP contribution in [0.3, 0.4) is 0 Å². The Balaban J connectivity index is 2.80. The molecule has 0 bridgehead atoms. The van der Waals surface area contributed by atoms with Crippen LogP contribution >= 0.6 is 0 Å². The predicted molar refractivity (Wildman–Crippen MR) is 74.1 cm³/mol. The lowest BCUT2D eigenvalue weighted by Crippen LogP contribution is -2.29. The van der Waals surface area contributed by atoms with Crippen LogP contribution < -0.4 is 10.0 Å². The van der Waals surface area contributed by atoms with Gasteiger partial charge in [0.2, 0.25) is 10.0 Å². The van der Waals surface area contributed by atoms with E-state index in [4.69, 9.17) is 5.11 Å². The molecular weight excluding hydrogens is 284 g/mol. The lowest BCUT2D eigenvalue weighted by Gasteiger charge is -2.08. The van der Waals surface area contributed by atoms with Crippen molar-refractivity contribution >= 4 is 27.6 Å². The molecule has 0 saturated heterocycles. The summed E-state index contributed by atoms with van der Waals surface area (Å²) >= 11 is 0. The van der Waals surface area contributed by atoms with Gasteiger partial charge in [-0.25, -0.2) is 8.42 Å². The fourth-order valence-corrected chi connectivity index (χ4v) is 2.61. The third-order valence-electron chi connectivity index (χ3n) is 2.27. The maximum atomic E-state index is 11.6. The summed E-state index contributed by atoms with van der Waals surface area (Å²) in [5, 5.41) is 10.7. The Bertz CT molecular complexity index is 598. The molecule has 0 unspecified atom stereocenters. The molecule has 0 aliphatic heterocycles. The number of carboxylic acids is 1. The largest absolute Gasteiger partial charge is 0.480 e. The number of hydrogen-bond donors (Lipinski definition) is 3. The number of anilines is 1. The van der Waals surface area contributed by atoms with Gasteiger partial charge in [-0.3, -0.25) is 14.3 Å².